The lowest BCUT2D eigenvalue weighted by molar-refractivity contribution is -0.139. The van der Waals surface area contributed by atoms with Crippen LogP contribution in [0.25, 0.3) is 10.8 Å². The van der Waals surface area contributed by atoms with Crippen molar-refractivity contribution in [1.82, 2.24) is 4.90 Å². The van der Waals surface area contributed by atoms with E-state index in [9.17, 15) is 19.2 Å². The number of imide groups is 1. The van der Waals surface area contributed by atoms with Crippen molar-refractivity contribution in [3.63, 3.8) is 0 Å². The molecule has 1 heterocycles. The van der Waals surface area contributed by atoms with Crippen molar-refractivity contribution in [2.45, 2.75) is 19.4 Å². The summed E-state index contributed by atoms with van der Waals surface area (Å²) in [5.41, 5.74) is 1.66. The Labute approximate surface area is 178 Å². The normalized spacial score (nSPS) is 13.5. The number of carbonyl (C=O) groups excluding carboxylic acids is 4. The zero-order valence-corrected chi connectivity index (χ0v) is 16.7. The fourth-order valence-corrected chi connectivity index (χ4v) is 3.46. The van der Waals surface area contributed by atoms with Gasteiger partial charge in [-0.15, -0.1) is 0 Å². The summed E-state index contributed by atoms with van der Waals surface area (Å²) in [4.78, 5) is 49.1. The fourth-order valence-electron chi connectivity index (χ4n) is 3.46. The van der Waals surface area contributed by atoms with Gasteiger partial charge in [0.1, 0.15) is 0 Å². The van der Waals surface area contributed by atoms with Gasteiger partial charge in [-0.05, 0) is 29.1 Å². The molecule has 156 valence electrons. The summed E-state index contributed by atoms with van der Waals surface area (Å²) in [5.74, 6) is -1.45. The van der Waals surface area contributed by atoms with Crippen molar-refractivity contribution in [1.29, 1.82) is 0 Å². The summed E-state index contributed by atoms with van der Waals surface area (Å²) in [6.45, 7) is -0.235. The van der Waals surface area contributed by atoms with E-state index in [-0.39, 0.29) is 36.8 Å². The Bertz CT molecular complexity index is 1150. The molecule has 3 aromatic rings. The number of ether oxygens (including phenoxy) is 1. The van der Waals surface area contributed by atoms with Gasteiger partial charge in [-0.25, -0.2) is 4.79 Å². The number of nitrogens with zero attached hydrogens (tertiary/aromatic N) is 1. The highest BCUT2D eigenvalue weighted by Gasteiger charge is 2.28. The van der Waals surface area contributed by atoms with Crippen LogP contribution in [0.1, 0.15) is 28.8 Å². The number of hydrogen-bond donors (Lipinski definition) is 1. The van der Waals surface area contributed by atoms with Gasteiger partial charge in [0, 0.05) is 23.9 Å². The van der Waals surface area contributed by atoms with Crippen molar-refractivity contribution in [2.24, 2.45) is 0 Å². The number of rotatable bonds is 6. The molecule has 0 atom stereocenters. The van der Waals surface area contributed by atoms with E-state index in [0.717, 1.165) is 16.3 Å². The van der Waals surface area contributed by atoms with Crippen LogP contribution in [0.2, 0.25) is 0 Å². The Kier molecular flexibility index (Phi) is 5.75. The van der Waals surface area contributed by atoms with Gasteiger partial charge < -0.3 is 10.1 Å². The number of nitrogens with one attached hydrogen (secondary N) is 1. The molecule has 7 nitrogen and oxygen atoms in total. The maximum absolute atomic E-state index is 12.3. The van der Waals surface area contributed by atoms with Crippen LogP contribution >= 0.6 is 0 Å². The Hall–Kier alpha value is -4.00. The molecule has 1 N–H and O–H groups in total. The first-order valence-corrected chi connectivity index (χ1v) is 9.88. The summed E-state index contributed by atoms with van der Waals surface area (Å²) >= 11 is 0. The van der Waals surface area contributed by atoms with Crippen LogP contribution in [0.5, 0.6) is 0 Å². The van der Waals surface area contributed by atoms with Gasteiger partial charge in [-0.2, -0.15) is 0 Å². The Morgan fingerprint density at radius 1 is 0.871 bits per heavy atom. The summed E-state index contributed by atoms with van der Waals surface area (Å²) in [6.07, 6.45) is 0.480. The Morgan fingerprint density at radius 2 is 1.55 bits per heavy atom. The zero-order valence-electron chi connectivity index (χ0n) is 16.7. The number of likely N-dealkylation sites (tertiary alicyclic amines) is 1. The monoisotopic (exact) mass is 416 g/mol. The Balaban J connectivity index is 1.32. The van der Waals surface area contributed by atoms with E-state index in [4.69, 9.17) is 4.74 Å². The third-order valence-electron chi connectivity index (χ3n) is 5.08. The average molecular weight is 416 g/mol. The molecular formula is C24H20N2O5. The largest absolute Gasteiger partial charge is 0.452 e. The first kappa shape index (κ1) is 20.3. The molecule has 4 rings (SSSR count). The number of carbonyl (C=O) groups is 4. The van der Waals surface area contributed by atoms with Crippen molar-refractivity contribution in [2.75, 3.05) is 11.9 Å². The SMILES string of the molecule is O=C(COC(=O)c1ccc(CN2C(=O)CCC2=O)cc1)Nc1cccc2ccccc12. The van der Waals surface area contributed by atoms with Crippen molar-refractivity contribution in [3.8, 4) is 0 Å². The fraction of sp³-hybridized carbons (Fsp3) is 0.167. The van der Waals surface area contributed by atoms with E-state index >= 15 is 0 Å². The van der Waals surface area contributed by atoms with Gasteiger partial charge in [-0.3, -0.25) is 19.3 Å². The van der Waals surface area contributed by atoms with Crippen LogP contribution in [0, 0.1) is 0 Å². The number of amides is 3. The van der Waals surface area contributed by atoms with Crippen molar-refractivity contribution < 1.29 is 23.9 Å². The summed E-state index contributed by atoms with van der Waals surface area (Å²) < 4.78 is 5.11. The van der Waals surface area contributed by atoms with Gasteiger partial charge >= 0.3 is 5.97 Å². The van der Waals surface area contributed by atoms with Gasteiger partial charge in [0.2, 0.25) is 11.8 Å². The van der Waals surface area contributed by atoms with E-state index in [0.29, 0.717) is 5.69 Å². The number of hydrogen-bond acceptors (Lipinski definition) is 5. The molecule has 7 heteroatoms. The van der Waals surface area contributed by atoms with Gasteiger partial charge in [-0.1, -0.05) is 48.5 Å². The lowest BCUT2D eigenvalue weighted by atomic mass is 10.1. The molecule has 3 aromatic carbocycles. The lowest BCUT2D eigenvalue weighted by Gasteiger charge is -2.14. The predicted molar refractivity (Wildman–Crippen MR) is 114 cm³/mol. The lowest BCUT2D eigenvalue weighted by Crippen LogP contribution is -2.28. The van der Waals surface area contributed by atoms with Crippen LogP contribution in [0.4, 0.5) is 5.69 Å². The quantitative estimate of drug-likeness (QED) is 0.492. The van der Waals surface area contributed by atoms with E-state index in [1.54, 1.807) is 30.3 Å². The summed E-state index contributed by atoms with van der Waals surface area (Å²) in [5, 5.41) is 4.66. The average Bonchev–Trinajstić information content (AvgIpc) is 3.10. The first-order valence-electron chi connectivity index (χ1n) is 9.88. The minimum atomic E-state index is -0.632. The van der Waals surface area contributed by atoms with Gasteiger partial charge in [0.05, 0.1) is 12.1 Å². The topological polar surface area (TPSA) is 92.8 Å². The third-order valence-corrected chi connectivity index (χ3v) is 5.08. The highest BCUT2D eigenvalue weighted by atomic mass is 16.5. The van der Waals surface area contributed by atoms with E-state index in [1.165, 1.54) is 4.90 Å². The van der Waals surface area contributed by atoms with Crippen LogP contribution in [-0.2, 0) is 25.7 Å². The molecule has 0 spiro atoms. The predicted octanol–water partition coefficient (Wildman–Crippen LogP) is 3.28. The second-order valence-corrected chi connectivity index (χ2v) is 7.22. The molecular weight excluding hydrogens is 396 g/mol. The maximum atomic E-state index is 12.3. The van der Waals surface area contributed by atoms with E-state index in [2.05, 4.69) is 5.32 Å². The molecule has 0 aromatic heterocycles. The highest BCUT2D eigenvalue weighted by Crippen LogP contribution is 2.23. The second kappa shape index (κ2) is 8.79. The van der Waals surface area contributed by atoms with Crippen LogP contribution in [0.15, 0.2) is 66.7 Å². The van der Waals surface area contributed by atoms with Gasteiger partial charge in [0.25, 0.3) is 5.91 Å². The van der Waals surface area contributed by atoms with Crippen LogP contribution in [0.3, 0.4) is 0 Å². The van der Waals surface area contributed by atoms with E-state index in [1.807, 2.05) is 36.4 Å². The van der Waals surface area contributed by atoms with Crippen LogP contribution in [-0.4, -0.2) is 35.2 Å². The molecule has 1 saturated heterocycles. The van der Waals surface area contributed by atoms with Gasteiger partial charge in [0.15, 0.2) is 6.61 Å². The molecule has 0 saturated carbocycles. The van der Waals surface area contributed by atoms with Crippen LogP contribution < -0.4 is 5.32 Å². The molecule has 3 amide bonds. The maximum Gasteiger partial charge on any atom is 0.338 e. The summed E-state index contributed by atoms with van der Waals surface area (Å²) in [6, 6.07) is 19.6. The third kappa shape index (κ3) is 4.61. The molecule has 1 fully saturated rings. The molecule has 0 radical (unpaired) electrons. The van der Waals surface area contributed by atoms with E-state index < -0.39 is 18.5 Å². The number of fused-ring (bicyclic) bond motifs is 1. The molecule has 1 aliphatic rings. The second-order valence-electron chi connectivity index (χ2n) is 7.22. The molecule has 1 aliphatic heterocycles. The standard InChI is InChI=1S/C24H20N2O5/c27-21(25-20-7-3-5-17-4-1-2-6-19(17)20)15-31-24(30)18-10-8-16(9-11-18)14-26-22(28)12-13-23(26)29/h1-11H,12-15H2,(H,25,27). The molecule has 0 unspecified atom stereocenters. The number of benzene rings is 3. The molecule has 0 aliphatic carbocycles. The molecule has 0 bridgehead atoms. The first-order chi connectivity index (χ1) is 15.0. The Morgan fingerprint density at radius 3 is 2.29 bits per heavy atom. The highest BCUT2D eigenvalue weighted by molar-refractivity contribution is 6.03. The number of esters is 1. The smallest absolute Gasteiger partial charge is 0.338 e. The van der Waals surface area contributed by atoms with Crippen molar-refractivity contribution >= 4 is 40.2 Å². The number of anilines is 1. The zero-order chi connectivity index (χ0) is 21.8. The summed E-state index contributed by atoms with van der Waals surface area (Å²) in [7, 11) is 0. The van der Waals surface area contributed by atoms with Crippen molar-refractivity contribution in [3.05, 3.63) is 77.9 Å². The molecule has 31 heavy (non-hydrogen) atoms. The minimum absolute atomic E-state index is 0.181. The minimum Gasteiger partial charge on any atom is -0.452 e.